The second-order valence-corrected chi connectivity index (χ2v) is 5.94. The highest BCUT2D eigenvalue weighted by atomic mass is 16.4. The van der Waals surface area contributed by atoms with E-state index in [1.165, 1.54) is 12.3 Å². The number of fused-ring (bicyclic) bond motifs is 1. The molecule has 7 nitrogen and oxygen atoms in total. The van der Waals surface area contributed by atoms with Crippen molar-refractivity contribution in [2.75, 3.05) is 0 Å². The lowest BCUT2D eigenvalue weighted by Gasteiger charge is -2.13. The number of aromatic nitrogens is 4. The minimum atomic E-state index is -1.06. The van der Waals surface area contributed by atoms with Gasteiger partial charge in [-0.1, -0.05) is 13.8 Å². The van der Waals surface area contributed by atoms with Gasteiger partial charge in [0.25, 0.3) is 0 Å². The number of hydrogen-bond donors (Lipinski definition) is 1. The Hall–Kier alpha value is -2.96. The summed E-state index contributed by atoms with van der Waals surface area (Å²) in [4.78, 5) is 32.6. The molecule has 25 heavy (non-hydrogen) atoms. The van der Waals surface area contributed by atoms with Crippen LogP contribution in [0.5, 0.6) is 0 Å². The minimum absolute atomic E-state index is 0.0249. The largest absolute Gasteiger partial charge is 0.478 e. The van der Waals surface area contributed by atoms with Crippen LogP contribution in [0.1, 0.15) is 48.7 Å². The zero-order valence-corrected chi connectivity index (χ0v) is 14.2. The van der Waals surface area contributed by atoms with Crippen molar-refractivity contribution in [3.05, 3.63) is 58.4 Å². The molecule has 0 fully saturated rings. The quantitative estimate of drug-likeness (QED) is 0.745. The molecule has 3 aromatic rings. The monoisotopic (exact) mass is 340 g/mol. The van der Waals surface area contributed by atoms with Gasteiger partial charge in [-0.3, -0.25) is 14.1 Å². The first-order valence-electron chi connectivity index (χ1n) is 8.29. The molecule has 0 spiro atoms. The first-order valence-corrected chi connectivity index (χ1v) is 8.29. The van der Waals surface area contributed by atoms with Crippen molar-refractivity contribution >= 4 is 17.1 Å². The zero-order valence-electron chi connectivity index (χ0n) is 14.2. The highest BCUT2D eigenvalue weighted by Gasteiger charge is 2.21. The van der Waals surface area contributed by atoms with Gasteiger partial charge >= 0.3 is 11.7 Å². The Kier molecular flexibility index (Phi) is 4.65. The summed E-state index contributed by atoms with van der Waals surface area (Å²) in [7, 11) is 0. The molecule has 3 heterocycles. The average molecular weight is 340 g/mol. The number of carbonyl (C=O) groups is 1. The molecule has 0 atom stereocenters. The molecule has 7 heteroatoms. The second-order valence-electron chi connectivity index (χ2n) is 5.94. The van der Waals surface area contributed by atoms with E-state index in [9.17, 15) is 14.7 Å². The van der Waals surface area contributed by atoms with Crippen molar-refractivity contribution in [3.63, 3.8) is 0 Å². The van der Waals surface area contributed by atoms with Gasteiger partial charge in [0.2, 0.25) is 0 Å². The molecule has 0 unspecified atom stereocenters. The lowest BCUT2D eigenvalue weighted by Crippen LogP contribution is -2.27. The fraction of sp³-hybridized carbons (Fsp3) is 0.333. The zero-order chi connectivity index (χ0) is 18.0. The Morgan fingerprint density at radius 3 is 2.52 bits per heavy atom. The van der Waals surface area contributed by atoms with Crippen molar-refractivity contribution in [2.45, 2.75) is 39.3 Å². The summed E-state index contributed by atoms with van der Waals surface area (Å²) >= 11 is 0. The van der Waals surface area contributed by atoms with Crippen molar-refractivity contribution < 1.29 is 9.90 Å². The summed E-state index contributed by atoms with van der Waals surface area (Å²) in [5, 5.41) is 9.26. The van der Waals surface area contributed by atoms with Crippen molar-refractivity contribution in [2.24, 2.45) is 0 Å². The van der Waals surface area contributed by atoms with E-state index in [1.54, 1.807) is 21.5 Å². The highest BCUT2D eigenvalue weighted by molar-refractivity contribution is 5.91. The molecule has 0 aromatic carbocycles. The highest BCUT2D eigenvalue weighted by Crippen LogP contribution is 2.21. The van der Waals surface area contributed by atoms with E-state index in [4.69, 9.17) is 0 Å². The number of rotatable bonds is 6. The van der Waals surface area contributed by atoms with Crippen LogP contribution in [0.25, 0.3) is 11.2 Å². The van der Waals surface area contributed by atoms with Crippen molar-refractivity contribution in [1.29, 1.82) is 0 Å². The van der Waals surface area contributed by atoms with E-state index in [2.05, 4.69) is 9.97 Å². The van der Waals surface area contributed by atoms with Gasteiger partial charge in [0.15, 0.2) is 5.65 Å². The lowest BCUT2D eigenvalue weighted by molar-refractivity contribution is 0.0696. The molecular weight excluding hydrogens is 320 g/mol. The first-order chi connectivity index (χ1) is 12.1. The second kappa shape index (κ2) is 6.88. The maximum Gasteiger partial charge on any atom is 0.337 e. The maximum atomic E-state index is 13.1. The molecular formula is C18H20N4O3. The Morgan fingerprint density at radius 2 is 1.92 bits per heavy atom. The summed E-state index contributed by atoms with van der Waals surface area (Å²) < 4.78 is 3.27. The molecule has 0 aliphatic heterocycles. The topological polar surface area (TPSA) is 90.0 Å². The van der Waals surface area contributed by atoms with Crippen LogP contribution in [0.4, 0.5) is 0 Å². The summed E-state index contributed by atoms with van der Waals surface area (Å²) in [5.41, 5.74) is 1.88. The van der Waals surface area contributed by atoms with E-state index in [1.807, 2.05) is 26.0 Å². The molecule has 3 rings (SSSR count). The summed E-state index contributed by atoms with van der Waals surface area (Å²) in [6, 6.07) is 5.21. The van der Waals surface area contributed by atoms with Crippen LogP contribution < -0.4 is 5.69 Å². The van der Waals surface area contributed by atoms with Crippen LogP contribution >= 0.6 is 0 Å². The predicted molar refractivity (Wildman–Crippen MR) is 93.9 cm³/mol. The number of imidazole rings is 1. The number of pyridine rings is 2. The molecule has 0 aliphatic rings. The minimum Gasteiger partial charge on any atom is -0.478 e. The molecule has 130 valence electrons. The smallest absolute Gasteiger partial charge is 0.337 e. The van der Waals surface area contributed by atoms with Gasteiger partial charge < -0.3 is 5.11 Å². The molecule has 0 bridgehead atoms. The molecule has 0 radical (unpaired) electrons. The van der Waals surface area contributed by atoms with Crippen LogP contribution in [-0.4, -0.2) is 30.2 Å². The Morgan fingerprint density at radius 1 is 1.24 bits per heavy atom. The SMILES string of the molecule is CCC(CC)n1c(=O)n(Cc2ccncc2)c2cc(C(=O)O)cnc21. The van der Waals surface area contributed by atoms with Gasteiger partial charge in [-0.2, -0.15) is 0 Å². The molecule has 3 aromatic heterocycles. The lowest BCUT2D eigenvalue weighted by atomic mass is 10.1. The summed E-state index contributed by atoms with van der Waals surface area (Å²) in [5.74, 6) is -1.06. The number of hydrogen-bond acceptors (Lipinski definition) is 4. The van der Waals surface area contributed by atoms with Crippen LogP contribution in [0.3, 0.4) is 0 Å². The van der Waals surface area contributed by atoms with Gasteiger partial charge in [0.1, 0.15) is 0 Å². The first kappa shape index (κ1) is 16.9. The normalized spacial score (nSPS) is 11.3. The number of carboxylic acid groups (broad SMARTS) is 1. The third kappa shape index (κ3) is 3.05. The molecule has 1 N–H and O–H groups in total. The van der Waals surface area contributed by atoms with Gasteiger partial charge in [-0.25, -0.2) is 14.6 Å². The van der Waals surface area contributed by atoms with Gasteiger partial charge in [0.05, 0.1) is 17.6 Å². The fourth-order valence-corrected chi connectivity index (χ4v) is 3.08. The molecule has 0 saturated heterocycles. The third-order valence-electron chi connectivity index (χ3n) is 4.45. The van der Waals surface area contributed by atoms with Crippen LogP contribution in [-0.2, 0) is 6.54 Å². The summed E-state index contributed by atoms with van der Waals surface area (Å²) in [6.45, 7) is 4.40. The van der Waals surface area contributed by atoms with E-state index < -0.39 is 5.97 Å². The molecule has 0 saturated carbocycles. The Balaban J connectivity index is 2.25. The maximum absolute atomic E-state index is 13.1. The third-order valence-corrected chi connectivity index (χ3v) is 4.45. The molecule has 0 amide bonds. The van der Waals surface area contributed by atoms with E-state index >= 15 is 0 Å². The number of carboxylic acids is 1. The van der Waals surface area contributed by atoms with Gasteiger partial charge in [-0.05, 0) is 36.6 Å². The van der Waals surface area contributed by atoms with Crippen LogP contribution in [0.2, 0.25) is 0 Å². The number of nitrogens with zero attached hydrogens (tertiary/aromatic N) is 4. The van der Waals surface area contributed by atoms with E-state index in [0.717, 1.165) is 18.4 Å². The predicted octanol–water partition coefficient (Wildman–Crippen LogP) is 2.70. The van der Waals surface area contributed by atoms with Crippen LogP contribution in [0, 0.1) is 0 Å². The van der Waals surface area contributed by atoms with Crippen molar-refractivity contribution in [1.82, 2.24) is 19.1 Å². The molecule has 0 aliphatic carbocycles. The van der Waals surface area contributed by atoms with Crippen LogP contribution in [0.15, 0.2) is 41.6 Å². The van der Waals surface area contributed by atoms with Gasteiger partial charge in [0, 0.05) is 24.6 Å². The average Bonchev–Trinajstić information content (AvgIpc) is 2.89. The Labute approximate surface area is 144 Å². The van der Waals surface area contributed by atoms with E-state index in [-0.39, 0.29) is 17.3 Å². The fourth-order valence-electron chi connectivity index (χ4n) is 3.08. The summed E-state index contributed by atoms with van der Waals surface area (Å²) in [6.07, 6.45) is 6.24. The van der Waals surface area contributed by atoms with Crippen molar-refractivity contribution in [3.8, 4) is 0 Å². The number of aromatic carboxylic acids is 1. The standard InChI is InChI=1S/C18H20N4O3/c1-3-14(4-2)22-16-15(9-13(10-20-16)17(23)24)21(18(22)25)11-12-5-7-19-8-6-12/h5-10,14H,3-4,11H2,1-2H3,(H,23,24). The van der Waals surface area contributed by atoms with E-state index in [0.29, 0.717) is 17.7 Å². The Bertz CT molecular complexity index is 956. The van der Waals surface area contributed by atoms with Gasteiger partial charge in [-0.15, -0.1) is 0 Å².